The molecule has 0 fully saturated rings. The number of hydrogen-bond donors (Lipinski definition) is 0. The number of methoxy groups -OCH3 is 1. The number of nitro groups is 1. The van der Waals surface area contributed by atoms with Crippen LogP contribution in [0, 0.1) is 10.1 Å². The molecule has 2 aliphatic rings. The summed E-state index contributed by atoms with van der Waals surface area (Å²) in [5.74, 6) is 1.06. The van der Waals surface area contributed by atoms with E-state index in [1.807, 2.05) is 17.0 Å². The Morgan fingerprint density at radius 1 is 1.26 bits per heavy atom. The van der Waals surface area contributed by atoms with Gasteiger partial charge in [-0.25, -0.2) is 0 Å². The monoisotopic (exact) mass is 370 g/mol. The molecule has 0 radical (unpaired) electrons. The molecule has 0 aliphatic carbocycles. The second-order valence-electron chi connectivity index (χ2n) is 6.45. The molecule has 0 saturated heterocycles. The van der Waals surface area contributed by atoms with Crippen LogP contribution in [0.15, 0.2) is 36.4 Å². The third-order valence-electron chi connectivity index (χ3n) is 4.94. The highest BCUT2D eigenvalue weighted by Crippen LogP contribution is 2.42. The molecule has 8 heteroatoms. The van der Waals surface area contributed by atoms with Crippen molar-refractivity contribution in [1.82, 2.24) is 4.90 Å². The maximum atomic E-state index is 11.9. The van der Waals surface area contributed by atoms with Crippen molar-refractivity contribution in [1.29, 1.82) is 0 Å². The van der Waals surface area contributed by atoms with E-state index in [0.717, 1.165) is 28.9 Å². The van der Waals surface area contributed by atoms with Crippen LogP contribution in [0.4, 0.5) is 5.69 Å². The lowest BCUT2D eigenvalue weighted by Gasteiger charge is -2.37. The van der Waals surface area contributed by atoms with Gasteiger partial charge in [-0.1, -0.05) is 12.1 Å². The topological polar surface area (TPSA) is 91.1 Å². The summed E-state index contributed by atoms with van der Waals surface area (Å²) in [5.41, 5.74) is 3.01. The smallest absolute Gasteiger partial charge is 0.319 e. The molecule has 8 nitrogen and oxygen atoms in total. The minimum absolute atomic E-state index is 0.0278. The van der Waals surface area contributed by atoms with Gasteiger partial charge in [0.15, 0.2) is 11.5 Å². The molecule has 1 atom stereocenters. The van der Waals surface area contributed by atoms with E-state index in [9.17, 15) is 14.9 Å². The van der Waals surface area contributed by atoms with Crippen molar-refractivity contribution < 1.29 is 23.9 Å². The standard InChI is InChI=1S/C19H18N2O6/c1-25-18(22)10-20-7-6-13-8-16-17(27-11-26-16)9-15(13)19(20)12-2-4-14(5-3-12)21(23)24/h2-5,8-9,19H,6-7,10-11H2,1H3. The van der Waals surface area contributed by atoms with E-state index in [4.69, 9.17) is 14.2 Å². The Morgan fingerprint density at radius 3 is 2.63 bits per heavy atom. The lowest BCUT2D eigenvalue weighted by molar-refractivity contribution is -0.384. The third-order valence-corrected chi connectivity index (χ3v) is 4.94. The van der Waals surface area contributed by atoms with E-state index in [-0.39, 0.29) is 31.0 Å². The SMILES string of the molecule is COC(=O)CN1CCc2cc3c(cc2C1c1ccc([N+](=O)[O-])cc1)OCO3. The number of fused-ring (bicyclic) bond motifs is 2. The zero-order chi connectivity index (χ0) is 19.0. The van der Waals surface area contributed by atoms with Crippen LogP contribution in [0.25, 0.3) is 0 Å². The predicted octanol–water partition coefficient (Wildman–Crippen LogP) is 2.44. The molecule has 2 aliphatic heterocycles. The van der Waals surface area contributed by atoms with E-state index in [2.05, 4.69) is 0 Å². The van der Waals surface area contributed by atoms with E-state index in [1.165, 1.54) is 19.2 Å². The zero-order valence-corrected chi connectivity index (χ0v) is 14.7. The fourth-order valence-electron chi connectivity index (χ4n) is 3.63. The van der Waals surface area contributed by atoms with Crippen LogP contribution in [-0.4, -0.2) is 42.8 Å². The summed E-state index contributed by atoms with van der Waals surface area (Å²) >= 11 is 0. The van der Waals surface area contributed by atoms with Gasteiger partial charge in [0, 0.05) is 18.7 Å². The number of benzene rings is 2. The van der Waals surface area contributed by atoms with E-state index in [1.54, 1.807) is 12.1 Å². The van der Waals surface area contributed by atoms with Crippen LogP contribution in [0.5, 0.6) is 11.5 Å². The number of hydrogen-bond acceptors (Lipinski definition) is 7. The Bertz CT molecular complexity index is 896. The van der Waals surface area contributed by atoms with Crippen molar-refractivity contribution >= 4 is 11.7 Å². The first kappa shape index (κ1) is 17.3. The molecule has 2 heterocycles. The van der Waals surface area contributed by atoms with Gasteiger partial charge >= 0.3 is 5.97 Å². The molecule has 140 valence electrons. The van der Waals surface area contributed by atoms with Gasteiger partial charge in [0.05, 0.1) is 24.6 Å². The van der Waals surface area contributed by atoms with Gasteiger partial charge in [-0.15, -0.1) is 0 Å². The highest BCUT2D eigenvalue weighted by Gasteiger charge is 2.32. The largest absolute Gasteiger partial charge is 0.468 e. The fraction of sp³-hybridized carbons (Fsp3) is 0.316. The molecule has 0 bridgehead atoms. The average molecular weight is 370 g/mol. The number of nitro benzene ring substituents is 1. The minimum atomic E-state index is -0.428. The molecule has 0 aromatic heterocycles. The molecule has 1 unspecified atom stereocenters. The summed E-state index contributed by atoms with van der Waals surface area (Å²) in [6, 6.07) is 10.1. The quantitative estimate of drug-likeness (QED) is 0.464. The van der Waals surface area contributed by atoms with Crippen molar-refractivity contribution in [3.8, 4) is 11.5 Å². The van der Waals surface area contributed by atoms with Gasteiger partial charge in [-0.2, -0.15) is 0 Å². The second-order valence-corrected chi connectivity index (χ2v) is 6.45. The van der Waals surface area contributed by atoms with E-state index < -0.39 is 4.92 Å². The second kappa shape index (κ2) is 6.88. The number of esters is 1. The van der Waals surface area contributed by atoms with Crippen molar-refractivity contribution in [2.24, 2.45) is 0 Å². The average Bonchev–Trinajstić information content (AvgIpc) is 3.13. The molecule has 2 aromatic rings. The summed E-state index contributed by atoms with van der Waals surface area (Å²) in [5, 5.41) is 11.0. The Kier molecular flexibility index (Phi) is 4.41. The Morgan fingerprint density at radius 2 is 1.96 bits per heavy atom. The lowest BCUT2D eigenvalue weighted by Crippen LogP contribution is -2.39. The first-order valence-corrected chi connectivity index (χ1v) is 8.54. The van der Waals surface area contributed by atoms with Crippen LogP contribution < -0.4 is 9.47 Å². The molecule has 27 heavy (non-hydrogen) atoms. The maximum Gasteiger partial charge on any atom is 0.319 e. The molecular weight excluding hydrogens is 352 g/mol. The maximum absolute atomic E-state index is 11.9. The molecule has 0 saturated carbocycles. The number of nitrogens with zero attached hydrogens (tertiary/aromatic N) is 2. The summed E-state index contributed by atoms with van der Waals surface area (Å²) < 4.78 is 15.8. The molecule has 0 amide bonds. The zero-order valence-electron chi connectivity index (χ0n) is 14.7. The number of non-ortho nitro benzene ring substituents is 1. The summed E-state index contributed by atoms with van der Waals surface area (Å²) in [7, 11) is 1.36. The Labute approximate surface area is 155 Å². The third kappa shape index (κ3) is 3.19. The summed E-state index contributed by atoms with van der Waals surface area (Å²) in [4.78, 5) is 24.5. The molecule has 4 rings (SSSR count). The van der Waals surface area contributed by atoms with Crippen LogP contribution in [0.2, 0.25) is 0 Å². The van der Waals surface area contributed by atoms with Gasteiger partial charge in [0.25, 0.3) is 5.69 Å². The normalized spacial score (nSPS) is 18.0. The fourth-order valence-corrected chi connectivity index (χ4v) is 3.63. The van der Waals surface area contributed by atoms with E-state index >= 15 is 0 Å². The summed E-state index contributed by atoms with van der Waals surface area (Å²) in [6.07, 6.45) is 0.756. The van der Waals surface area contributed by atoms with Crippen molar-refractivity contribution in [2.45, 2.75) is 12.5 Å². The van der Waals surface area contributed by atoms with Crippen molar-refractivity contribution in [3.63, 3.8) is 0 Å². The van der Waals surface area contributed by atoms with E-state index in [0.29, 0.717) is 12.3 Å². The van der Waals surface area contributed by atoms with Crippen LogP contribution in [0.3, 0.4) is 0 Å². The first-order valence-electron chi connectivity index (χ1n) is 8.54. The van der Waals surface area contributed by atoms with Crippen LogP contribution >= 0.6 is 0 Å². The highest BCUT2D eigenvalue weighted by molar-refractivity contribution is 5.71. The van der Waals surface area contributed by atoms with Gasteiger partial charge < -0.3 is 14.2 Å². The van der Waals surface area contributed by atoms with Gasteiger partial charge in [0.1, 0.15) is 0 Å². The van der Waals surface area contributed by atoms with Gasteiger partial charge in [-0.05, 0) is 35.2 Å². The predicted molar refractivity (Wildman–Crippen MR) is 94.8 cm³/mol. The number of carbonyl (C=O) groups is 1. The van der Waals surface area contributed by atoms with Gasteiger partial charge in [0.2, 0.25) is 6.79 Å². The molecule has 0 N–H and O–H groups in total. The minimum Gasteiger partial charge on any atom is -0.468 e. The number of carbonyl (C=O) groups excluding carboxylic acids is 1. The lowest BCUT2D eigenvalue weighted by atomic mass is 9.87. The van der Waals surface area contributed by atoms with Crippen LogP contribution in [0.1, 0.15) is 22.7 Å². The van der Waals surface area contributed by atoms with Gasteiger partial charge in [-0.3, -0.25) is 19.8 Å². The van der Waals surface area contributed by atoms with Crippen LogP contribution in [-0.2, 0) is 16.0 Å². The number of ether oxygens (including phenoxy) is 3. The number of rotatable bonds is 4. The molecule has 2 aromatic carbocycles. The first-order chi connectivity index (χ1) is 13.1. The summed E-state index contributed by atoms with van der Waals surface area (Å²) in [6.45, 7) is 0.974. The Balaban J connectivity index is 1.77. The molecule has 0 spiro atoms. The van der Waals surface area contributed by atoms with Crippen molar-refractivity contribution in [2.75, 3.05) is 27.0 Å². The highest BCUT2D eigenvalue weighted by atomic mass is 16.7. The Hall–Kier alpha value is -3.13. The molecular formula is C19H18N2O6. The van der Waals surface area contributed by atoms with Crippen molar-refractivity contribution in [3.05, 3.63) is 63.2 Å².